The van der Waals surface area contributed by atoms with Crippen LogP contribution in [0.25, 0.3) is 0 Å². The molecule has 6 nitrogen and oxygen atoms in total. The Morgan fingerprint density at radius 3 is 2.68 bits per heavy atom. The van der Waals surface area contributed by atoms with Gasteiger partial charge in [-0.1, -0.05) is 6.07 Å². The van der Waals surface area contributed by atoms with E-state index in [2.05, 4.69) is 10.3 Å². The summed E-state index contributed by atoms with van der Waals surface area (Å²) in [7, 11) is 0. The molecule has 1 aromatic heterocycles. The molecule has 0 spiro atoms. The van der Waals surface area contributed by atoms with E-state index in [1.54, 1.807) is 0 Å². The largest absolute Gasteiger partial charge is 0.348 e. The lowest BCUT2D eigenvalue weighted by atomic mass is 10.1. The average molecular weight is 345 g/mol. The molecule has 1 aliphatic heterocycles. The fourth-order valence-corrected chi connectivity index (χ4v) is 2.62. The van der Waals surface area contributed by atoms with Gasteiger partial charge < -0.3 is 5.32 Å². The Morgan fingerprint density at radius 2 is 2.00 bits per heavy atom. The van der Waals surface area contributed by atoms with Crippen LogP contribution >= 0.6 is 0 Å². The number of imide groups is 1. The van der Waals surface area contributed by atoms with E-state index in [-0.39, 0.29) is 16.8 Å². The summed E-state index contributed by atoms with van der Waals surface area (Å²) >= 11 is 0. The summed E-state index contributed by atoms with van der Waals surface area (Å²) in [5.74, 6) is -3.43. The number of amides is 3. The highest BCUT2D eigenvalue weighted by molar-refractivity contribution is 6.21. The molecular formula is C17H13F2N3O3. The van der Waals surface area contributed by atoms with Gasteiger partial charge >= 0.3 is 0 Å². The SMILES string of the molecule is CC(NC(=O)CN1C(=O)c2cccnc2C1=O)c1ccc(F)cc1F. The molecule has 25 heavy (non-hydrogen) atoms. The van der Waals surface area contributed by atoms with E-state index in [1.807, 2.05) is 0 Å². The highest BCUT2D eigenvalue weighted by Gasteiger charge is 2.37. The van der Waals surface area contributed by atoms with Gasteiger partial charge in [-0.3, -0.25) is 24.3 Å². The van der Waals surface area contributed by atoms with Crippen LogP contribution in [0.2, 0.25) is 0 Å². The number of nitrogens with zero attached hydrogens (tertiary/aromatic N) is 2. The molecule has 3 amide bonds. The number of rotatable bonds is 4. The Morgan fingerprint density at radius 1 is 1.24 bits per heavy atom. The van der Waals surface area contributed by atoms with Gasteiger partial charge in [0.2, 0.25) is 5.91 Å². The molecule has 1 unspecified atom stereocenters. The van der Waals surface area contributed by atoms with E-state index >= 15 is 0 Å². The zero-order valence-electron chi connectivity index (χ0n) is 13.1. The van der Waals surface area contributed by atoms with Gasteiger partial charge in [0.1, 0.15) is 23.9 Å². The van der Waals surface area contributed by atoms with E-state index in [9.17, 15) is 23.2 Å². The molecule has 1 aromatic carbocycles. The number of pyridine rings is 1. The second kappa shape index (κ2) is 6.39. The highest BCUT2D eigenvalue weighted by atomic mass is 19.1. The Balaban J connectivity index is 1.69. The van der Waals surface area contributed by atoms with Gasteiger partial charge in [-0.2, -0.15) is 0 Å². The van der Waals surface area contributed by atoms with Crippen molar-refractivity contribution in [3.63, 3.8) is 0 Å². The first kappa shape index (κ1) is 16.7. The Kier molecular flexibility index (Phi) is 4.26. The first-order chi connectivity index (χ1) is 11.9. The van der Waals surface area contributed by atoms with Gasteiger partial charge in [-0.05, 0) is 25.1 Å². The molecule has 0 radical (unpaired) electrons. The Labute approximate surface area is 141 Å². The van der Waals surface area contributed by atoms with Crippen molar-refractivity contribution in [1.29, 1.82) is 0 Å². The maximum atomic E-state index is 13.7. The zero-order valence-corrected chi connectivity index (χ0v) is 13.1. The molecule has 0 fully saturated rings. The summed E-state index contributed by atoms with van der Waals surface area (Å²) in [4.78, 5) is 41.1. The summed E-state index contributed by atoms with van der Waals surface area (Å²) in [6, 6.07) is 5.23. The lowest BCUT2D eigenvalue weighted by Crippen LogP contribution is -2.41. The number of hydrogen-bond donors (Lipinski definition) is 1. The first-order valence-electron chi connectivity index (χ1n) is 7.44. The summed E-state index contributed by atoms with van der Waals surface area (Å²) in [6.45, 7) is 0.999. The topological polar surface area (TPSA) is 79.4 Å². The molecule has 2 heterocycles. The van der Waals surface area contributed by atoms with Gasteiger partial charge in [0.05, 0.1) is 11.6 Å². The van der Waals surface area contributed by atoms with E-state index in [0.717, 1.165) is 11.0 Å². The first-order valence-corrected chi connectivity index (χ1v) is 7.44. The van der Waals surface area contributed by atoms with E-state index < -0.39 is 41.9 Å². The van der Waals surface area contributed by atoms with Crippen LogP contribution < -0.4 is 5.32 Å². The summed E-state index contributed by atoms with van der Waals surface area (Å²) in [5.41, 5.74) is 0.231. The maximum Gasteiger partial charge on any atom is 0.280 e. The number of fused-ring (bicyclic) bond motifs is 1. The molecule has 0 aliphatic carbocycles. The molecule has 3 rings (SSSR count). The standard InChI is InChI=1S/C17H13F2N3O3/c1-9(11-5-4-10(18)7-13(11)19)21-14(23)8-22-16(24)12-3-2-6-20-15(12)17(22)25/h2-7,9H,8H2,1H3,(H,21,23). The third kappa shape index (κ3) is 3.10. The monoisotopic (exact) mass is 345 g/mol. The fraction of sp³-hybridized carbons (Fsp3) is 0.176. The quantitative estimate of drug-likeness (QED) is 0.858. The third-order valence-electron chi connectivity index (χ3n) is 3.84. The predicted octanol–water partition coefficient (Wildman–Crippen LogP) is 1.83. The third-order valence-corrected chi connectivity index (χ3v) is 3.84. The van der Waals surface area contributed by atoms with Crippen LogP contribution in [0.1, 0.15) is 39.4 Å². The molecule has 2 aromatic rings. The number of hydrogen-bond acceptors (Lipinski definition) is 4. The minimum Gasteiger partial charge on any atom is -0.348 e. The van der Waals surface area contributed by atoms with Crippen molar-refractivity contribution in [3.8, 4) is 0 Å². The van der Waals surface area contributed by atoms with Crippen LogP contribution in [0.15, 0.2) is 36.5 Å². The van der Waals surface area contributed by atoms with Crippen molar-refractivity contribution in [3.05, 3.63) is 65.0 Å². The zero-order chi connectivity index (χ0) is 18.1. The summed E-state index contributed by atoms with van der Waals surface area (Å²) < 4.78 is 26.7. The van der Waals surface area contributed by atoms with Gasteiger partial charge in [-0.25, -0.2) is 8.78 Å². The lowest BCUT2D eigenvalue weighted by Gasteiger charge is -2.18. The van der Waals surface area contributed by atoms with Crippen molar-refractivity contribution in [2.24, 2.45) is 0 Å². The normalized spacial score (nSPS) is 14.4. The van der Waals surface area contributed by atoms with E-state index in [4.69, 9.17) is 0 Å². The molecule has 1 atom stereocenters. The number of aromatic nitrogens is 1. The van der Waals surface area contributed by atoms with Crippen LogP contribution in [0, 0.1) is 11.6 Å². The number of benzene rings is 1. The van der Waals surface area contributed by atoms with Gasteiger partial charge in [0.15, 0.2) is 0 Å². The molecule has 1 N–H and O–H groups in total. The molecule has 128 valence electrons. The average Bonchev–Trinajstić information content (AvgIpc) is 2.80. The number of halogens is 2. The van der Waals surface area contributed by atoms with Crippen LogP contribution in [-0.2, 0) is 4.79 Å². The summed E-state index contributed by atoms with van der Waals surface area (Å²) in [5, 5.41) is 2.48. The van der Waals surface area contributed by atoms with Crippen LogP contribution in [0.3, 0.4) is 0 Å². The van der Waals surface area contributed by atoms with E-state index in [0.29, 0.717) is 6.07 Å². The molecule has 0 bridgehead atoms. The van der Waals surface area contributed by atoms with Crippen molar-refractivity contribution in [2.45, 2.75) is 13.0 Å². The van der Waals surface area contributed by atoms with Crippen molar-refractivity contribution >= 4 is 17.7 Å². The number of carbonyl (C=O) groups excluding carboxylic acids is 3. The minimum absolute atomic E-state index is 0.00192. The van der Waals surface area contributed by atoms with Crippen molar-refractivity contribution in [2.75, 3.05) is 6.54 Å². The van der Waals surface area contributed by atoms with Crippen molar-refractivity contribution in [1.82, 2.24) is 15.2 Å². The fourth-order valence-electron chi connectivity index (χ4n) is 2.62. The molecule has 8 heteroatoms. The van der Waals surface area contributed by atoms with Gasteiger partial charge in [-0.15, -0.1) is 0 Å². The number of carbonyl (C=O) groups is 3. The molecule has 0 saturated carbocycles. The molecule has 1 aliphatic rings. The second-order valence-corrected chi connectivity index (χ2v) is 5.55. The summed E-state index contributed by atoms with van der Waals surface area (Å²) in [6.07, 6.45) is 1.38. The minimum atomic E-state index is -0.794. The maximum absolute atomic E-state index is 13.7. The van der Waals surface area contributed by atoms with Crippen LogP contribution in [0.5, 0.6) is 0 Å². The molecule has 0 saturated heterocycles. The molecular weight excluding hydrogens is 332 g/mol. The van der Waals surface area contributed by atoms with E-state index in [1.165, 1.54) is 31.3 Å². The lowest BCUT2D eigenvalue weighted by molar-refractivity contribution is -0.122. The predicted molar refractivity (Wildman–Crippen MR) is 82.5 cm³/mol. The smallest absolute Gasteiger partial charge is 0.280 e. The Hall–Kier alpha value is -3.16. The van der Waals surface area contributed by atoms with Gasteiger partial charge in [0.25, 0.3) is 11.8 Å². The van der Waals surface area contributed by atoms with Crippen LogP contribution in [-0.4, -0.2) is 34.2 Å². The van der Waals surface area contributed by atoms with Crippen molar-refractivity contribution < 1.29 is 23.2 Å². The van der Waals surface area contributed by atoms with Gasteiger partial charge in [0, 0.05) is 17.8 Å². The second-order valence-electron chi connectivity index (χ2n) is 5.55. The Bertz CT molecular complexity index is 850. The number of nitrogens with one attached hydrogen (secondary N) is 1. The highest BCUT2D eigenvalue weighted by Crippen LogP contribution is 2.21. The van der Waals surface area contributed by atoms with Crippen LogP contribution in [0.4, 0.5) is 8.78 Å².